The molecule has 0 bridgehead atoms. The van der Waals surface area contributed by atoms with Gasteiger partial charge < -0.3 is 4.74 Å². The standard InChI is InChI=1S/C14H9IN2O/c15-10-5-7-11(8-6-10)18-14-12-3-1-2-4-13(12)16-9-17-14/h1-9H. The lowest BCUT2D eigenvalue weighted by atomic mass is 10.2. The lowest BCUT2D eigenvalue weighted by Gasteiger charge is -2.06. The van der Waals surface area contributed by atoms with Crippen molar-refractivity contribution in [1.29, 1.82) is 0 Å². The largest absolute Gasteiger partial charge is 0.438 e. The van der Waals surface area contributed by atoms with Crippen molar-refractivity contribution in [1.82, 2.24) is 9.97 Å². The summed E-state index contributed by atoms with van der Waals surface area (Å²) >= 11 is 2.26. The van der Waals surface area contributed by atoms with Crippen LogP contribution >= 0.6 is 22.6 Å². The van der Waals surface area contributed by atoms with Crippen molar-refractivity contribution in [2.45, 2.75) is 0 Å². The number of nitrogens with zero attached hydrogens (tertiary/aromatic N) is 2. The quantitative estimate of drug-likeness (QED) is 0.656. The monoisotopic (exact) mass is 348 g/mol. The molecule has 0 saturated carbocycles. The number of halogens is 1. The Hall–Kier alpha value is -1.69. The van der Waals surface area contributed by atoms with Gasteiger partial charge in [-0.1, -0.05) is 12.1 Å². The molecule has 0 atom stereocenters. The Bertz CT molecular complexity index is 677. The zero-order chi connectivity index (χ0) is 12.4. The summed E-state index contributed by atoms with van der Waals surface area (Å²) in [5.74, 6) is 1.36. The van der Waals surface area contributed by atoms with E-state index in [-0.39, 0.29) is 0 Å². The third kappa shape index (κ3) is 2.28. The Morgan fingerprint density at radius 1 is 0.889 bits per heavy atom. The maximum absolute atomic E-state index is 5.79. The molecule has 1 heterocycles. The molecule has 0 aliphatic rings. The molecule has 4 heteroatoms. The molecule has 3 nitrogen and oxygen atoms in total. The number of para-hydroxylation sites is 1. The zero-order valence-electron chi connectivity index (χ0n) is 9.38. The van der Waals surface area contributed by atoms with Gasteiger partial charge in [0.05, 0.1) is 10.9 Å². The van der Waals surface area contributed by atoms with Crippen LogP contribution in [0.1, 0.15) is 0 Å². The topological polar surface area (TPSA) is 35.0 Å². The van der Waals surface area contributed by atoms with Crippen molar-refractivity contribution in [3.05, 3.63) is 58.4 Å². The predicted octanol–water partition coefficient (Wildman–Crippen LogP) is 4.03. The lowest BCUT2D eigenvalue weighted by Crippen LogP contribution is -1.91. The van der Waals surface area contributed by atoms with E-state index < -0.39 is 0 Å². The van der Waals surface area contributed by atoms with Gasteiger partial charge in [-0.25, -0.2) is 9.97 Å². The van der Waals surface area contributed by atoms with Crippen LogP contribution in [0.5, 0.6) is 11.6 Å². The highest BCUT2D eigenvalue weighted by Gasteiger charge is 2.05. The highest BCUT2D eigenvalue weighted by Crippen LogP contribution is 2.26. The van der Waals surface area contributed by atoms with Crippen LogP contribution < -0.4 is 4.74 Å². The summed E-state index contributed by atoms with van der Waals surface area (Å²) in [6.07, 6.45) is 1.52. The second kappa shape index (κ2) is 4.89. The van der Waals surface area contributed by atoms with E-state index in [1.54, 1.807) is 0 Å². The van der Waals surface area contributed by atoms with E-state index in [2.05, 4.69) is 32.6 Å². The summed E-state index contributed by atoms with van der Waals surface area (Å²) in [7, 11) is 0. The van der Waals surface area contributed by atoms with E-state index in [1.807, 2.05) is 48.5 Å². The molecule has 88 valence electrons. The molecule has 18 heavy (non-hydrogen) atoms. The second-order valence-electron chi connectivity index (χ2n) is 3.75. The van der Waals surface area contributed by atoms with Gasteiger partial charge in [-0.05, 0) is 59.0 Å². The van der Waals surface area contributed by atoms with Gasteiger partial charge in [0, 0.05) is 3.57 Å². The summed E-state index contributed by atoms with van der Waals surface area (Å²) in [4.78, 5) is 8.39. The van der Waals surface area contributed by atoms with Crippen LogP contribution in [0.2, 0.25) is 0 Å². The fraction of sp³-hybridized carbons (Fsp3) is 0. The van der Waals surface area contributed by atoms with Gasteiger partial charge in [-0.15, -0.1) is 0 Å². The fourth-order valence-corrected chi connectivity index (χ4v) is 2.04. The molecule has 0 spiro atoms. The minimum atomic E-state index is 0.585. The van der Waals surface area contributed by atoms with Crippen molar-refractivity contribution in [3.63, 3.8) is 0 Å². The molecule has 0 radical (unpaired) electrons. The Labute approximate surface area is 118 Å². The Kier molecular flexibility index (Phi) is 3.10. The van der Waals surface area contributed by atoms with Crippen LogP contribution in [0, 0.1) is 3.57 Å². The summed E-state index contributed by atoms with van der Waals surface area (Å²) in [6, 6.07) is 15.7. The van der Waals surface area contributed by atoms with Crippen molar-refractivity contribution < 1.29 is 4.74 Å². The highest BCUT2D eigenvalue weighted by atomic mass is 127. The molecule has 2 aromatic carbocycles. The second-order valence-corrected chi connectivity index (χ2v) is 5.00. The average molecular weight is 348 g/mol. The van der Waals surface area contributed by atoms with Crippen molar-refractivity contribution in [2.75, 3.05) is 0 Å². The lowest BCUT2D eigenvalue weighted by molar-refractivity contribution is 0.468. The van der Waals surface area contributed by atoms with E-state index in [9.17, 15) is 0 Å². The fourth-order valence-electron chi connectivity index (χ4n) is 1.68. The summed E-state index contributed by atoms with van der Waals surface area (Å²) in [5.41, 5.74) is 0.882. The number of benzene rings is 2. The first kappa shape index (κ1) is 11.4. The van der Waals surface area contributed by atoms with Gasteiger partial charge in [0.2, 0.25) is 5.88 Å². The van der Waals surface area contributed by atoms with E-state index in [1.165, 1.54) is 9.90 Å². The van der Waals surface area contributed by atoms with Crippen LogP contribution in [-0.4, -0.2) is 9.97 Å². The molecule has 1 aromatic heterocycles. The SMILES string of the molecule is Ic1ccc(Oc2ncnc3ccccc23)cc1. The predicted molar refractivity (Wildman–Crippen MR) is 78.8 cm³/mol. The maximum atomic E-state index is 5.79. The molecular weight excluding hydrogens is 339 g/mol. The Morgan fingerprint density at radius 2 is 1.67 bits per heavy atom. The Balaban J connectivity index is 2.02. The molecule has 0 aliphatic carbocycles. The average Bonchev–Trinajstić information content (AvgIpc) is 2.42. The van der Waals surface area contributed by atoms with Crippen LogP contribution in [-0.2, 0) is 0 Å². The number of fused-ring (bicyclic) bond motifs is 1. The first-order valence-corrected chi connectivity index (χ1v) is 6.54. The normalized spacial score (nSPS) is 10.5. The van der Waals surface area contributed by atoms with Crippen LogP contribution in [0.25, 0.3) is 10.9 Å². The minimum absolute atomic E-state index is 0.585. The number of hydrogen-bond acceptors (Lipinski definition) is 3. The van der Waals surface area contributed by atoms with Gasteiger partial charge in [-0.2, -0.15) is 0 Å². The molecular formula is C14H9IN2O. The summed E-state index contributed by atoms with van der Waals surface area (Å²) in [6.45, 7) is 0. The van der Waals surface area contributed by atoms with E-state index in [0.717, 1.165) is 16.7 Å². The van der Waals surface area contributed by atoms with Gasteiger partial charge in [-0.3, -0.25) is 0 Å². The minimum Gasteiger partial charge on any atom is -0.438 e. The van der Waals surface area contributed by atoms with E-state index >= 15 is 0 Å². The molecule has 3 aromatic rings. The molecule has 3 rings (SSSR count). The first-order valence-electron chi connectivity index (χ1n) is 5.46. The van der Waals surface area contributed by atoms with Crippen LogP contribution in [0.3, 0.4) is 0 Å². The van der Waals surface area contributed by atoms with Crippen molar-refractivity contribution >= 4 is 33.5 Å². The molecule has 0 fully saturated rings. The van der Waals surface area contributed by atoms with Crippen molar-refractivity contribution in [2.24, 2.45) is 0 Å². The first-order chi connectivity index (χ1) is 8.83. The molecule has 0 saturated heterocycles. The summed E-state index contributed by atoms with van der Waals surface area (Å²) in [5, 5.41) is 0.915. The van der Waals surface area contributed by atoms with E-state index in [4.69, 9.17) is 4.74 Å². The van der Waals surface area contributed by atoms with Crippen LogP contribution in [0.4, 0.5) is 0 Å². The zero-order valence-corrected chi connectivity index (χ0v) is 11.5. The Morgan fingerprint density at radius 3 is 2.50 bits per heavy atom. The van der Waals surface area contributed by atoms with Gasteiger partial charge >= 0.3 is 0 Å². The van der Waals surface area contributed by atoms with Gasteiger partial charge in [0.25, 0.3) is 0 Å². The molecule has 0 aliphatic heterocycles. The highest BCUT2D eigenvalue weighted by molar-refractivity contribution is 14.1. The molecule has 0 amide bonds. The third-order valence-electron chi connectivity index (χ3n) is 2.53. The summed E-state index contributed by atoms with van der Waals surface area (Å²) < 4.78 is 6.97. The van der Waals surface area contributed by atoms with Gasteiger partial charge in [0.15, 0.2) is 0 Å². The number of hydrogen-bond donors (Lipinski definition) is 0. The molecule has 0 unspecified atom stereocenters. The number of aromatic nitrogens is 2. The molecule has 0 N–H and O–H groups in total. The third-order valence-corrected chi connectivity index (χ3v) is 3.25. The smallest absolute Gasteiger partial charge is 0.230 e. The number of rotatable bonds is 2. The van der Waals surface area contributed by atoms with Crippen molar-refractivity contribution in [3.8, 4) is 11.6 Å². The number of ether oxygens (including phenoxy) is 1. The van der Waals surface area contributed by atoms with Crippen LogP contribution in [0.15, 0.2) is 54.9 Å². The maximum Gasteiger partial charge on any atom is 0.230 e. The van der Waals surface area contributed by atoms with E-state index in [0.29, 0.717) is 5.88 Å². The van der Waals surface area contributed by atoms with Gasteiger partial charge in [0.1, 0.15) is 12.1 Å².